The Morgan fingerprint density at radius 3 is 2.55 bits per heavy atom. The van der Waals surface area contributed by atoms with Crippen LogP contribution in [0.25, 0.3) is 0 Å². The molecule has 0 N–H and O–H groups in total. The summed E-state index contributed by atoms with van der Waals surface area (Å²) in [5.41, 5.74) is 0. The van der Waals surface area contributed by atoms with Gasteiger partial charge < -0.3 is 4.74 Å². The third kappa shape index (κ3) is 1.69. The number of nitrogens with zero attached hydrogens (tertiary/aromatic N) is 1. The average Bonchev–Trinajstić information content (AvgIpc) is 1.82. The Morgan fingerprint density at radius 2 is 2.27 bits per heavy atom. The highest BCUT2D eigenvalue weighted by molar-refractivity contribution is 5.96. The Morgan fingerprint density at radius 1 is 1.64 bits per heavy atom. The summed E-state index contributed by atoms with van der Waals surface area (Å²) in [6.07, 6.45) is -0.208. The predicted molar refractivity (Wildman–Crippen MR) is 37.9 cm³/mol. The van der Waals surface area contributed by atoms with Gasteiger partial charge in [-0.1, -0.05) is 0 Å². The van der Waals surface area contributed by atoms with Crippen molar-refractivity contribution < 1.29 is 14.3 Å². The van der Waals surface area contributed by atoms with E-state index in [9.17, 15) is 9.59 Å². The van der Waals surface area contributed by atoms with Crippen LogP contribution in [0.2, 0.25) is 0 Å². The van der Waals surface area contributed by atoms with Gasteiger partial charge in [0.1, 0.15) is 0 Å². The van der Waals surface area contributed by atoms with Gasteiger partial charge in [-0.05, 0) is 13.8 Å². The topological polar surface area (TPSA) is 46.6 Å². The van der Waals surface area contributed by atoms with Crippen molar-refractivity contribution in [3.8, 4) is 0 Å². The standard InChI is InChI=1S/C7H11NO3/c1-5(2)11-7(10)8-4-3-6(8)9/h5H,3-4H2,1-2H3. The number of likely N-dealkylation sites (tertiary alicyclic amines) is 1. The Kier molecular flexibility index (Phi) is 2.12. The van der Waals surface area contributed by atoms with Crippen LogP contribution < -0.4 is 0 Å². The lowest BCUT2D eigenvalue weighted by Crippen LogP contribution is -2.48. The third-order valence-corrected chi connectivity index (χ3v) is 1.41. The van der Waals surface area contributed by atoms with Gasteiger partial charge in [0.2, 0.25) is 5.91 Å². The van der Waals surface area contributed by atoms with E-state index >= 15 is 0 Å². The van der Waals surface area contributed by atoms with E-state index in [1.807, 2.05) is 0 Å². The summed E-state index contributed by atoms with van der Waals surface area (Å²) in [5, 5.41) is 0. The quantitative estimate of drug-likeness (QED) is 0.528. The Labute approximate surface area is 65.1 Å². The van der Waals surface area contributed by atoms with Crippen LogP contribution in [0.4, 0.5) is 4.79 Å². The number of imide groups is 1. The molecular formula is C7H11NO3. The fourth-order valence-electron chi connectivity index (χ4n) is 0.773. The molecule has 4 heteroatoms. The molecule has 0 aromatic rings. The lowest BCUT2D eigenvalue weighted by Gasteiger charge is -2.28. The van der Waals surface area contributed by atoms with Crippen molar-refractivity contribution in [2.45, 2.75) is 26.4 Å². The maximum Gasteiger partial charge on any atom is 0.416 e. The summed E-state index contributed by atoms with van der Waals surface area (Å²) >= 11 is 0. The lowest BCUT2D eigenvalue weighted by atomic mass is 10.2. The summed E-state index contributed by atoms with van der Waals surface area (Å²) in [4.78, 5) is 22.7. The minimum Gasteiger partial charge on any atom is -0.446 e. The van der Waals surface area contributed by atoms with Gasteiger partial charge in [-0.15, -0.1) is 0 Å². The van der Waals surface area contributed by atoms with Crippen LogP contribution in [-0.4, -0.2) is 29.5 Å². The molecule has 1 fully saturated rings. The summed E-state index contributed by atoms with van der Waals surface area (Å²) in [5.74, 6) is -0.143. The van der Waals surface area contributed by atoms with Crippen molar-refractivity contribution in [2.24, 2.45) is 0 Å². The second-order valence-electron chi connectivity index (χ2n) is 2.73. The highest BCUT2D eigenvalue weighted by Gasteiger charge is 2.31. The maximum atomic E-state index is 10.9. The highest BCUT2D eigenvalue weighted by atomic mass is 16.6. The van der Waals surface area contributed by atoms with Crippen LogP contribution in [-0.2, 0) is 9.53 Å². The Balaban J connectivity index is 2.36. The summed E-state index contributed by atoms with van der Waals surface area (Å²) in [6, 6.07) is 0. The van der Waals surface area contributed by atoms with E-state index < -0.39 is 6.09 Å². The predicted octanol–water partition coefficient (Wildman–Crippen LogP) is 0.764. The molecule has 0 aliphatic carbocycles. The first-order chi connectivity index (χ1) is 5.11. The fraction of sp³-hybridized carbons (Fsp3) is 0.714. The molecule has 0 aromatic carbocycles. The zero-order chi connectivity index (χ0) is 8.43. The van der Waals surface area contributed by atoms with Crippen molar-refractivity contribution in [3.05, 3.63) is 0 Å². The fourth-order valence-corrected chi connectivity index (χ4v) is 0.773. The Bertz CT molecular complexity index is 188. The molecule has 0 aromatic heterocycles. The monoisotopic (exact) mass is 157 g/mol. The molecule has 0 saturated carbocycles. The van der Waals surface area contributed by atoms with Crippen molar-refractivity contribution >= 4 is 12.0 Å². The molecule has 2 amide bonds. The summed E-state index contributed by atoms with van der Waals surface area (Å²) < 4.78 is 4.79. The van der Waals surface area contributed by atoms with Gasteiger partial charge in [-0.3, -0.25) is 4.79 Å². The van der Waals surface area contributed by atoms with Gasteiger partial charge in [-0.2, -0.15) is 0 Å². The van der Waals surface area contributed by atoms with E-state index in [2.05, 4.69) is 0 Å². The second kappa shape index (κ2) is 2.90. The van der Waals surface area contributed by atoms with E-state index in [4.69, 9.17) is 4.74 Å². The number of amides is 2. The normalized spacial score (nSPS) is 16.6. The maximum absolute atomic E-state index is 10.9. The number of rotatable bonds is 1. The van der Waals surface area contributed by atoms with Gasteiger partial charge in [0.05, 0.1) is 6.10 Å². The number of hydrogen-bond donors (Lipinski definition) is 0. The van der Waals surface area contributed by atoms with Crippen molar-refractivity contribution in [1.82, 2.24) is 4.90 Å². The molecule has 1 aliphatic heterocycles. The van der Waals surface area contributed by atoms with E-state index in [1.54, 1.807) is 13.8 Å². The first kappa shape index (κ1) is 8.04. The van der Waals surface area contributed by atoms with Crippen LogP contribution in [0.5, 0.6) is 0 Å². The van der Waals surface area contributed by atoms with E-state index in [1.165, 1.54) is 0 Å². The van der Waals surface area contributed by atoms with Gasteiger partial charge >= 0.3 is 6.09 Å². The zero-order valence-corrected chi connectivity index (χ0v) is 6.66. The van der Waals surface area contributed by atoms with Crippen LogP contribution in [0.1, 0.15) is 20.3 Å². The van der Waals surface area contributed by atoms with Gasteiger partial charge in [-0.25, -0.2) is 9.69 Å². The van der Waals surface area contributed by atoms with Crippen molar-refractivity contribution in [3.63, 3.8) is 0 Å². The molecular weight excluding hydrogens is 146 g/mol. The van der Waals surface area contributed by atoms with Gasteiger partial charge in [0.25, 0.3) is 0 Å². The second-order valence-corrected chi connectivity index (χ2v) is 2.73. The van der Waals surface area contributed by atoms with Gasteiger partial charge in [0.15, 0.2) is 0 Å². The third-order valence-electron chi connectivity index (χ3n) is 1.41. The molecule has 1 aliphatic rings. The molecule has 4 nitrogen and oxygen atoms in total. The van der Waals surface area contributed by atoms with Crippen molar-refractivity contribution in [2.75, 3.05) is 6.54 Å². The number of carbonyl (C=O) groups is 2. The summed E-state index contributed by atoms with van der Waals surface area (Å²) in [7, 11) is 0. The molecule has 0 radical (unpaired) electrons. The molecule has 1 rings (SSSR count). The smallest absolute Gasteiger partial charge is 0.416 e. The highest BCUT2D eigenvalue weighted by Crippen LogP contribution is 2.10. The lowest BCUT2D eigenvalue weighted by molar-refractivity contribution is -0.137. The Hall–Kier alpha value is -1.06. The van der Waals surface area contributed by atoms with Crippen LogP contribution in [0.3, 0.4) is 0 Å². The molecule has 0 unspecified atom stereocenters. The molecule has 0 atom stereocenters. The number of carbonyl (C=O) groups excluding carboxylic acids is 2. The van der Waals surface area contributed by atoms with Crippen LogP contribution in [0.15, 0.2) is 0 Å². The molecule has 0 spiro atoms. The summed E-state index contributed by atoms with van der Waals surface area (Å²) in [6.45, 7) is 4.01. The molecule has 0 bridgehead atoms. The van der Waals surface area contributed by atoms with Gasteiger partial charge in [0, 0.05) is 13.0 Å². The average molecular weight is 157 g/mol. The number of β-lactam (4-membered cyclic amide) rings is 1. The van der Waals surface area contributed by atoms with E-state index in [0.717, 1.165) is 4.90 Å². The minimum atomic E-state index is -0.517. The molecule has 62 valence electrons. The van der Waals surface area contributed by atoms with E-state index in [-0.39, 0.29) is 12.0 Å². The number of hydrogen-bond acceptors (Lipinski definition) is 3. The first-order valence-corrected chi connectivity index (χ1v) is 3.62. The SMILES string of the molecule is CC(C)OC(=O)N1CCC1=O. The molecule has 1 saturated heterocycles. The van der Waals surface area contributed by atoms with Crippen LogP contribution >= 0.6 is 0 Å². The first-order valence-electron chi connectivity index (χ1n) is 3.62. The molecule has 11 heavy (non-hydrogen) atoms. The molecule has 1 heterocycles. The minimum absolute atomic E-state index is 0.143. The van der Waals surface area contributed by atoms with Crippen LogP contribution in [0, 0.1) is 0 Å². The van der Waals surface area contributed by atoms with E-state index in [0.29, 0.717) is 13.0 Å². The van der Waals surface area contributed by atoms with Crippen molar-refractivity contribution in [1.29, 1.82) is 0 Å². The number of ether oxygens (including phenoxy) is 1. The largest absolute Gasteiger partial charge is 0.446 e. The zero-order valence-electron chi connectivity index (χ0n) is 6.66.